The molecule has 4 nitrogen and oxygen atoms in total. The molecule has 2 amide bonds. The van der Waals surface area contributed by atoms with Gasteiger partial charge >= 0.3 is 0 Å². The van der Waals surface area contributed by atoms with Crippen molar-refractivity contribution >= 4 is 11.8 Å². The summed E-state index contributed by atoms with van der Waals surface area (Å²) in [5.74, 6) is -0.0443. The van der Waals surface area contributed by atoms with Gasteiger partial charge < -0.3 is 5.32 Å². The molecule has 1 N–H and O–H groups in total. The van der Waals surface area contributed by atoms with Crippen LogP contribution in [0.2, 0.25) is 0 Å². The predicted molar refractivity (Wildman–Crippen MR) is 102 cm³/mol. The first-order valence-corrected chi connectivity index (χ1v) is 10.4. The number of imide groups is 1. The molecule has 4 rings (SSSR count). The van der Waals surface area contributed by atoms with Gasteiger partial charge in [-0.3, -0.25) is 14.5 Å². The molecule has 1 aromatic carbocycles. The van der Waals surface area contributed by atoms with Crippen LogP contribution in [0.5, 0.6) is 0 Å². The minimum atomic E-state index is -0.443. The Kier molecular flexibility index (Phi) is 5.12. The number of benzene rings is 1. The fourth-order valence-electron chi connectivity index (χ4n) is 5.21. The van der Waals surface area contributed by atoms with Gasteiger partial charge in [-0.05, 0) is 50.3 Å². The number of hydrogen-bond acceptors (Lipinski definition) is 3. The highest BCUT2D eigenvalue weighted by Crippen LogP contribution is 2.46. The standard InChI is InChI=1S/C22H30N2O2/c25-20-18-11-4-5-12-19(18)22(13-6-7-14-22)21(26)24(20)16-8-15-23-17-9-2-1-3-10-17/h4-5,11-12,17,23H,1-3,6-10,13-16H2. The molecule has 26 heavy (non-hydrogen) atoms. The molecule has 0 aromatic heterocycles. The predicted octanol–water partition coefficient (Wildman–Crippen LogP) is 3.79. The summed E-state index contributed by atoms with van der Waals surface area (Å²) in [4.78, 5) is 27.8. The van der Waals surface area contributed by atoms with Crippen LogP contribution >= 0.6 is 0 Å². The minimum absolute atomic E-state index is 0.0522. The van der Waals surface area contributed by atoms with Crippen LogP contribution in [0.25, 0.3) is 0 Å². The highest BCUT2D eigenvalue weighted by atomic mass is 16.2. The first-order chi connectivity index (χ1) is 12.7. The number of nitrogens with zero attached hydrogens (tertiary/aromatic N) is 1. The van der Waals surface area contributed by atoms with E-state index in [1.165, 1.54) is 32.1 Å². The van der Waals surface area contributed by atoms with Crippen LogP contribution in [0.1, 0.15) is 80.1 Å². The molecule has 2 saturated carbocycles. The van der Waals surface area contributed by atoms with Gasteiger partial charge in [-0.1, -0.05) is 50.3 Å². The monoisotopic (exact) mass is 354 g/mol. The molecular formula is C22H30N2O2. The van der Waals surface area contributed by atoms with Crippen molar-refractivity contribution in [3.63, 3.8) is 0 Å². The van der Waals surface area contributed by atoms with Crippen LogP contribution in [0.3, 0.4) is 0 Å². The van der Waals surface area contributed by atoms with Crippen molar-refractivity contribution < 1.29 is 9.59 Å². The van der Waals surface area contributed by atoms with Gasteiger partial charge in [-0.15, -0.1) is 0 Å². The summed E-state index contributed by atoms with van der Waals surface area (Å²) in [6.45, 7) is 1.42. The summed E-state index contributed by atoms with van der Waals surface area (Å²) in [6, 6.07) is 8.40. The van der Waals surface area contributed by atoms with Gasteiger partial charge in [0.2, 0.25) is 5.91 Å². The van der Waals surface area contributed by atoms with E-state index < -0.39 is 5.41 Å². The van der Waals surface area contributed by atoms with Crippen molar-refractivity contribution in [1.82, 2.24) is 10.2 Å². The van der Waals surface area contributed by atoms with E-state index in [9.17, 15) is 9.59 Å². The fraction of sp³-hybridized carbons (Fsp3) is 0.636. The summed E-state index contributed by atoms with van der Waals surface area (Å²) >= 11 is 0. The molecule has 1 heterocycles. The number of carbonyl (C=O) groups is 2. The second-order valence-corrected chi connectivity index (χ2v) is 8.24. The molecule has 2 aliphatic carbocycles. The number of rotatable bonds is 5. The average Bonchev–Trinajstić information content (AvgIpc) is 3.18. The van der Waals surface area contributed by atoms with Gasteiger partial charge in [-0.2, -0.15) is 0 Å². The molecule has 1 aliphatic heterocycles. The van der Waals surface area contributed by atoms with E-state index in [1.54, 1.807) is 4.90 Å². The minimum Gasteiger partial charge on any atom is -0.314 e. The SMILES string of the molecule is O=C1c2ccccc2C2(CCCC2)C(=O)N1CCCNC1CCCCC1. The van der Waals surface area contributed by atoms with E-state index in [0.717, 1.165) is 49.8 Å². The van der Waals surface area contributed by atoms with Crippen LogP contribution in [-0.2, 0) is 10.2 Å². The van der Waals surface area contributed by atoms with E-state index >= 15 is 0 Å². The number of carbonyl (C=O) groups excluding carboxylic acids is 2. The first kappa shape index (κ1) is 17.7. The van der Waals surface area contributed by atoms with Gasteiger partial charge in [0.25, 0.3) is 5.91 Å². The normalized spacial score (nSPS) is 22.8. The van der Waals surface area contributed by atoms with Crippen molar-refractivity contribution in [2.24, 2.45) is 0 Å². The summed E-state index contributed by atoms with van der Waals surface area (Å²) in [5.41, 5.74) is 1.28. The molecule has 0 saturated heterocycles. The van der Waals surface area contributed by atoms with Crippen LogP contribution in [0, 0.1) is 0 Å². The molecule has 140 valence electrons. The number of nitrogens with one attached hydrogen (secondary N) is 1. The first-order valence-electron chi connectivity index (χ1n) is 10.4. The molecule has 4 heteroatoms. The fourth-order valence-corrected chi connectivity index (χ4v) is 5.21. The number of hydrogen-bond donors (Lipinski definition) is 1. The third-order valence-corrected chi connectivity index (χ3v) is 6.63. The van der Waals surface area contributed by atoms with Crippen LogP contribution in [0.15, 0.2) is 24.3 Å². The second-order valence-electron chi connectivity index (χ2n) is 8.24. The summed E-state index contributed by atoms with van der Waals surface area (Å²) in [7, 11) is 0. The van der Waals surface area contributed by atoms with Crippen LogP contribution < -0.4 is 5.32 Å². The highest BCUT2D eigenvalue weighted by Gasteiger charge is 2.51. The van der Waals surface area contributed by atoms with Crippen molar-refractivity contribution in [2.45, 2.75) is 75.7 Å². The zero-order valence-electron chi connectivity index (χ0n) is 15.6. The lowest BCUT2D eigenvalue weighted by molar-refractivity contribution is -0.135. The van der Waals surface area contributed by atoms with Crippen molar-refractivity contribution in [3.05, 3.63) is 35.4 Å². The van der Waals surface area contributed by atoms with Crippen molar-refractivity contribution in [3.8, 4) is 0 Å². The molecule has 1 aromatic rings. The van der Waals surface area contributed by atoms with Crippen molar-refractivity contribution in [1.29, 1.82) is 0 Å². The summed E-state index contributed by atoms with van der Waals surface area (Å²) < 4.78 is 0. The van der Waals surface area contributed by atoms with E-state index in [2.05, 4.69) is 5.32 Å². The van der Waals surface area contributed by atoms with Gasteiger partial charge in [0.05, 0.1) is 5.41 Å². The third kappa shape index (κ3) is 3.09. The molecule has 2 fully saturated rings. The highest BCUT2D eigenvalue weighted by molar-refractivity contribution is 6.13. The zero-order chi connectivity index (χ0) is 18.0. The van der Waals surface area contributed by atoms with Crippen LogP contribution in [0.4, 0.5) is 0 Å². The number of amides is 2. The number of fused-ring (bicyclic) bond motifs is 2. The lowest BCUT2D eigenvalue weighted by Gasteiger charge is -2.39. The summed E-state index contributed by atoms with van der Waals surface area (Å²) in [5, 5.41) is 3.62. The van der Waals surface area contributed by atoms with E-state index in [-0.39, 0.29) is 11.8 Å². The van der Waals surface area contributed by atoms with E-state index in [4.69, 9.17) is 0 Å². The third-order valence-electron chi connectivity index (χ3n) is 6.63. The van der Waals surface area contributed by atoms with Crippen molar-refractivity contribution in [2.75, 3.05) is 13.1 Å². The second kappa shape index (κ2) is 7.51. The topological polar surface area (TPSA) is 49.4 Å². The maximum absolute atomic E-state index is 13.3. The smallest absolute Gasteiger partial charge is 0.260 e. The Hall–Kier alpha value is -1.68. The Morgan fingerprint density at radius 2 is 1.73 bits per heavy atom. The lowest BCUT2D eigenvalue weighted by atomic mass is 9.72. The van der Waals surface area contributed by atoms with Gasteiger partial charge in [-0.25, -0.2) is 0 Å². The van der Waals surface area contributed by atoms with Gasteiger partial charge in [0.15, 0.2) is 0 Å². The van der Waals surface area contributed by atoms with Crippen LogP contribution in [-0.4, -0.2) is 35.8 Å². The Morgan fingerprint density at radius 1 is 1.00 bits per heavy atom. The molecular weight excluding hydrogens is 324 g/mol. The van der Waals surface area contributed by atoms with E-state index in [0.29, 0.717) is 12.6 Å². The average molecular weight is 354 g/mol. The molecule has 0 bridgehead atoms. The van der Waals surface area contributed by atoms with E-state index in [1.807, 2.05) is 24.3 Å². The Morgan fingerprint density at radius 3 is 2.50 bits per heavy atom. The summed E-state index contributed by atoms with van der Waals surface area (Å²) in [6.07, 6.45) is 11.3. The molecule has 0 radical (unpaired) electrons. The Balaban J connectivity index is 1.44. The van der Waals surface area contributed by atoms with Gasteiger partial charge in [0, 0.05) is 18.2 Å². The molecule has 3 aliphatic rings. The Labute approximate surface area is 156 Å². The zero-order valence-corrected chi connectivity index (χ0v) is 15.6. The quantitative estimate of drug-likeness (QED) is 0.646. The Bertz CT molecular complexity index is 672. The molecule has 1 spiro atoms. The largest absolute Gasteiger partial charge is 0.314 e. The van der Waals surface area contributed by atoms with Gasteiger partial charge in [0.1, 0.15) is 0 Å². The lowest BCUT2D eigenvalue weighted by Crippen LogP contribution is -2.53. The maximum Gasteiger partial charge on any atom is 0.260 e. The molecule has 0 unspecified atom stereocenters. The maximum atomic E-state index is 13.3. The molecule has 0 atom stereocenters.